The van der Waals surface area contributed by atoms with Gasteiger partial charge in [0.1, 0.15) is 0 Å². The summed E-state index contributed by atoms with van der Waals surface area (Å²) in [4.78, 5) is 13.1. The summed E-state index contributed by atoms with van der Waals surface area (Å²) in [6.07, 6.45) is 7.99. The Labute approximate surface area is 131 Å². The zero-order chi connectivity index (χ0) is 14.7. The van der Waals surface area contributed by atoms with Gasteiger partial charge in [-0.25, -0.2) is 0 Å². The average molecular weight is 343 g/mol. The number of fused-ring (bicyclic) bond motifs is 1. The van der Waals surface area contributed by atoms with Crippen molar-refractivity contribution < 1.29 is 0 Å². The van der Waals surface area contributed by atoms with Gasteiger partial charge >= 0.3 is 0 Å². The van der Waals surface area contributed by atoms with Crippen molar-refractivity contribution in [2.75, 3.05) is 7.05 Å². The van der Waals surface area contributed by atoms with Crippen LogP contribution >= 0.6 is 15.9 Å². The molecule has 0 fully saturated rings. The van der Waals surface area contributed by atoms with Crippen LogP contribution in [0.1, 0.15) is 17.2 Å². The molecule has 1 atom stereocenters. The number of hydrogen-bond donors (Lipinski definition) is 1. The maximum atomic E-state index is 4.48. The molecule has 3 aromatic rings. The third-order valence-electron chi connectivity index (χ3n) is 3.46. The Morgan fingerprint density at radius 3 is 2.86 bits per heavy atom. The normalized spacial score (nSPS) is 12.5. The molecule has 0 radical (unpaired) electrons. The predicted molar refractivity (Wildman–Crippen MR) is 87.0 cm³/mol. The van der Waals surface area contributed by atoms with Crippen molar-refractivity contribution in [2.24, 2.45) is 0 Å². The van der Waals surface area contributed by atoms with Crippen LogP contribution in [0.25, 0.3) is 11.0 Å². The van der Waals surface area contributed by atoms with E-state index in [1.54, 1.807) is 18.6 Å². The van der Waals surface area contributed by atoms with E-state index in [9.17, 15) is 0 Å². The molecule has 5 heteroatoms. The first-order valence-corrected chi connectivity index (χ1v) is 7.53. The van der Waals surface area contributed by atoms with Crippen LogP contribution in [0.15, 0.2) is 53.5 Å². The van der Waals surface area contributed by atoms with E-state index in [4.69, 9.17) is 0 Å². The van der Waals surface area contributed by atoms with E-state index in [2.05, 4.69) is 48.3 Å². The highest BCUT2D eigenvalue weighted by Crippen LogP contribution is 2.24. The highest BCUT2D eigenvalue weighted by atomic mass is 79.9. The number of likely N-dealkylation sites (N-methyl/N-ethyl adjacent to an activating group) is 1. The highest BCUT2D eigenvalue weighted by molar-refractivity contribution is 9.10. The molecule has 3 rings (SSSR count). The Hall–Kier alpha value is -1.85. The van der Waals surface area contributed by atoms with Gasteiger partial charge in [0.25, 0.3) is 0 Å². The fourth-order valence-electron chi connectivity index (χ4n) is 2.47. The van der Waals surface area contributed by atoms with Gasteiger partial charge in [0.15, 0.2) is 0 Å². The van der Waals surface area contributed by atoms with Crippen LogP contribution in [-0.2, 0) is 6.42 Å². The molecular formula is C16H15BrN4. The number of aromatic nitrogens is 3. The van der Waals surface area contributed by atoms with Crippen LogP contribution in [-0.4, -0.2) is 22.0 Å². The van der Waals surface area contributed by atoms with Gasteiger partial charge in [-0.15, -0.1) is 0 Å². The van der Waals surface area contributed by atoms with Crippen LogP contribution in [0.5, 0.6) is 0 Å². The first-order chi connectivity index (χ1) is 10.3. The standard InChI is InChI=1S/C16H15BrN4/c1-18-15(8-11-7-12(17)10-19-9-11)13-3-2-4-14-16(13)21-6-5-20-14/h2-7,9-10,15,18H,8H2,1H3. The van der Waals surface area contributed by atoms with Crippen molar-refractivity contribution in [1.29, 1.82) is 0 Å². The third-order valence-corrected chi connectivity index (χ3v) is 3.89. The summed E-state index contributed by atoms with van der Waals surface area (Å²) in [7, 11) is 1.96. The van der Waals surface area contributed by atoms with Crippen LogP contribution in [0.4, 0.5) is 0 Å². The molecule has 0 aliphatic carbocycles. The zero-order valence-corrected chi connectivity index (χ0v) is 13.2. The van der Waals surface area contributed by atoms with Gasteiger partial charge in [-0.05, 0) is 52.7 Å². The Bertz CT molecular complexity index is 755. The first-order valence-electron chi connectivity index (χ1n) is 6.74. The maximum absolute atomic E-state index is 4.48. The Kier molecular flexibility index (Phi) is 4.22. The van der Waals surface area contributed by atoms with Gasteiger partial charge in [0.05, 0.1) is 11.0 Å². The molecule has 0 aliphatic heterocycles. The molecule has 1 N–H and O–H groups in total. The SMILES string of the molecule is CNC(Cc1cncc(Br)c1)c1cccc2nccnc12. The van der Waals surface area contributed by atoms with Crippen LogP contribution < -0.4 is 5.32 Å². The lowest BCUT2D eigenvalue weighted by Gasteiger charge is -2.18. The second kappa shape index (κ2) is 6.28. The molecule has 0 bridgehead atoms. The van der Waals surface area contributed by atoms with E-state index in [0.29, 0.717) is 0 Å². The molecule has 0 aliphatic rings. The van der Waals surface area contributed by atoms with Gasteiger partial charge in [0, 0.05) is 35.3 Å². The zero-order valence-electron chi connectivity index (χ0n) is 11.6. The summed E-state index contributed by atoms with van der Waals surface area (Å²) >= 11 is 3.46. The molecule has 1 aromatic carbocycles. The van der Waals surface area contributed by atoms with Crippen molar-refractivity contribution >= 4 is 27.0 Å². The molecule has 0 saturated heterocycles. The van der Waals surface area contributed by atoms with Crippen molar-refractivity contribution in [3.8, 4) is 0 Å². The van der Waals surface area contributed by atoms with Crippen molar-refractivity contribution in [1.82, 2.24) is 20.3 Å². The molecule has 0 spiro atoms. The molecule has 4 nitrogen and oxygen atoms in total. The summed E-state index contributed by atoms with van der Waals surface area (Å²) in [5.74, 6) is 0. The summed E-state index contributed by atoms with van der Waals surface area (Å²) in [6.45, 7) is 0. The monoisotopic (exact) mass is 342 g/mol. The number of para-hydroxylation sites is 1. The van der Waals surface area contributed by atoms with Gasteiger partial charge < -0.3 is 5.32 Å². The highest BCUT2D eigenvalue weighted by Gasteiger charge is 2.14. The van der Waals surface area contributed by atoms with E-state index < -0.39 is 0 Å². The Morgan fingerprint density at radius 2 is 2.05 bits per heavy atom. The fourth-order valence-corrected chi connectivity index (χ4v) is 2.88. The fraction of sp³-hybridized carbons (Fsp3) is 0.188. The molecule has 2 heterocycles. The van der Waals surface area contributed by atoms with Gasteiger partial charge in [-0.3, -0.25) is 15.0 Å². The minimum Gasteiger partial charge on any atom is -0.313 e. The minimum absolute atomic E-state index is 0.168. The molecule has 0 amide bonds. The number of halogens is 1. The quantitative estimate of drug-likeness (QED) is 0.790. The Morgan fingerprint density at radius 1 is 1.19 bits per heavy atom. The summed E-state index contributed by atoms with van der Waals surface area (Å²) in [6, 6.07) is 8.37. The number of pyridine rings is 1. The maximum Gasteiger partial charge on any atom is 0.0934 e. The van der Waals surface area contributed by atoms with Crippen LogP contribution in [0.2, 0.25) is 0 Å². The largest absolute Gasteiger partial charge is 0.313 e. The first kappa shape index (κ1) is 14.1. The molecule has 2 aromatic heterocycles. The summed E-state index contributed by atoms with van der Waals surface area (Å²) in [5, 5.41) is 3.37. The lowest BCUT2D eigenvalue weighted by molar-refractivity contribution is 0.594. The molecule has 106 valence electrons. The van der Waals surface area contributed by atoms with E-state index in [0.717, 1.165) is 27.5 Å². The lowest BCUT2D eigenvalue weighted by atomic mass is 9.98. The third kappa shape index (κ3) is 3.09. The molecule has 21 heavy (non-hydrogen) atoms. The second-order valence-electron chi connectivity index (χ2n) is 4.83. The van der Waals surface area contributed by atoms with Gasteiger partial charge in [-0.2, -0.15) is 0 Å². The number of benzene rings is 1. The van der Waals surface area contributed by atoms with Crippen LogP contribution in [0, 0.1) is 0 Å². The van der Waals surface area contributed by atoms with Crippen LogP contribution in [0.3, 0.4) is 0 Å². The number of nitrogens with one attached hydrogen (secondary N) is 1. The molecule has 0 saturated carbocycles. The van der Waals surface area contributed by atoms with Gasteiger partial charge in [0.2, 0.25) is 0 Å². The number of nitrogens with zero attached hydrogens (tertiary/aromatic N) is 3. The van der Waals surface area contributed by atoms with E-state index in [1.165, 1.54) is 5.56 Å². The smallest absolute Gasteiger partial charge is 0.0934 e. The molecule has 1 unspecified atom stereocenters. The summed E-state index contributed by atoms with van der Waals surface area (Å²) in [5.41, 5.74) is 4.19. The van der Waals surface area contributed by atoms with E-state index in [1.807, 2.05) is 25.4 Å². The predicted octanol–water partition coefficient (Wildman–Crippen LogP) is 3.29. The number of rotatable bonds is 4. The van der Waals surface area contributed by atoms with E-state index >= 15 is 0 Å². The molecular weight excluding hydrogens is 328 g/mol. The summed E-state index contributed by atoms with van der Waals surface area (Å²) < 4.78 is 0.993. The van der Waals surface area contributed by atoms with Crippen molar-refractivity contribution in [2.45, 2.75) is 12.5 Å². The lowest BCUT2D eigenvalue weighted by Crippen LogP contribution is -2.19. The van der Waals surface area contributed by atoms with Crippen molar-refractivity contribution in [3.63, 3.8) is 0 Å². The topological polar surface area (TPSA) is 50.7 Å². The minimum atomic E-state index is 0.168. The second-order valence-corrected chi connectivity index (χ2v) is 5.74. The van der Waals surface area contributed by atoms with Crippen molar-refractivity contribution in [3.05, 3.63) is 64.7 Å². The van der Waals surface area contributed by atoms with Gasteiger partial charge in [-0.1, -0.05) is 12.1 Å². The Balaban J connectivity index is 1.98. The number of hydrogen-bond acceptors (Lipinski definition) is 4. The average Bonchev–Trinajstić information content (AvgIpc) is 2.52. The van der Waals surface area contributed by atoms with E-state index in [-0.39, 0.29) is 6.04 Å².